The number of alkyl carbamates (subject to hydrolysis) is 1. The molecule has 14 nitrogen and oxygen atoms in total. The van der Waals surface area contributed by atoms with Crippen LogP contribution in [0.5, 0.6) is 5.75 Å². The molecule has 6 atom stereocenters. The minimum absolute atomic E-state index is 0.175. The van der Waals surface area contributed by atoms with Crippen molar-refractivity contribution in [2.75, 3.05) is 6.61 Å². The first-order valence-corrected chi connectivity index (χ1v) is 11.7. The Kier molecular flexibility index (Phi) is 7.92. The van der Waals surface area contributed by atoms with Crippen molar-refractivity contribution >= 4 is 24.2 Å². The number of carbonyl (C=O) groups is 2. The van der Waals surface area contributed by atoms with Crippen LogP contribution in [0.2, 0.25) is 0 Å². The number of aromatic nitrogens is 2. The average molecular weight is 519 g/mol. The predicted octanol–water partition coefficient (Wildman–Crippen LogP) is 0.0947. The molecule has 1 amide bonds. The van der Waals surface area contributed by atoms with E-state index in [0.717, 1.165) is 5.56 Å². The van der Waals surface area contributed by atoms with E-state index in [4.69, 9.17) is 9.47 Å². The summed E-state index contributed by atoms with van der Waals surface area (Å²) in [5.41, 5.74) is 1.48. The van der Waals surface area contributed by atoms with Crippen LogP contribution in [0.25, 0.3) is 0 Å². The molecule has 3 unspecified atom stereocenters. The molecule has 14 heteroatoms. The second-order valence-corrected chi connectivity index (χ2v) is 9.11. The molecule has 0 spiro atoms. The van der Waals surface area contributed by atoms with Gasteiger partial charge in [0.25, 0.3) is 0 Å². The third-order valence-electron chi connectivity index (χ3n) is 6.14. The van der Waals surface area contributed by atoms with Crippen LogP contribution in [0.1, 0.15) is 37.5 Å². The zero-order valence-corrected chi connectivity index (χ0v) is 20.2. The second-order valence-electron chi connectivity index (χ2n) is 9.11. The highest BCUT2D eigenvalue weighted by Crippen LogP contribution is 2.36. The zero-order chi connectivity index (χ0) is 26.7. The Balaban J connectivity index is 1.38. The number of carboxylic acids is 1. The summed E-state index contributed by atoms with van der Waals surface area (Å²) in [5, 5.41) is 48.4. The molecule has 4 rings (SSSR count). The number of aliphatic hydroxyl groups excluding tert-OH is 2. The Hall–Kier alpha value is -3.72. The van der Waals surface area contributed by atoms with E-state index in [-0.39, 0.29) is 11.7 Å². The number of amides is 1. The number of aliphatic carboxylic acids is 1. The maximum Gasteiger partial charge on any atom is 0.407 e. The topological polar surface area (TPSA) is 200 Å². The fraction of sp³-hybridized carbons (Fsp3) is 0.478. The van der Waals surface area contributed by atoms with E-state index in [9.17, 15) is 30.0 Å². The Labute approximate surface area is 211 Å². The maximum absolute atomic E-state index is 12.1. The zero-order valence-electron chi connectivity index (χ0n) is 20.2. The molecule has 37 heavy (non-hydrogen) atoms. The van der Waals surface area contributed by atoms with E-state index in [2.05, 4.69) is 25.9 Å². The second kappa shape index (κ2) is 11.1. The maximum atomic E-state index is 12.1. The molecule has 1 aromatic carbocycles. The van der Waals surface area contributed by atoms with Gasteiger partial charge in [-0.1, -0.05) is 26.0 Å². The van der Waals surface area contributed by atoms with E-state index in [1.54, 1.807) is 38.1 Å². The molecule has 0 saturated carbocycles. The number of nitrogens with zero attached hydrogens (tertiary/aromatic N) is 3. The number of aliphatic imine (C=N–C) groups is 1. The molecule has 1 aromatic heterocycles. The number of fused-ring (bicyclic) bond motifs is 1. The number of phenols is 1. The smallest absolute Gasteiger partial charge is 0.407 e. The van der Waals surface area contributed by atoms with Crippen molar-refractivity contribution in [3.8, 4) is 5.75 Å². The Morgan fingerprint density at radius 2 is 1.95 bits per heavy atom. The van der Waals surface area contributed by atoms with Crippen molar-refractivity contribution in [2.45, 2.75) is 57.1 Å². The number of aromatic hydroxyl groups is 1. The van der Waals surface area contributed by atoms with Crippen molar-refractivity contribution in [1.29, 1.82) is 0 Å². The average Bonchev–Trinajstić information content (AvgIpc) is 3.41. The molecule has 2 aliphatic heterocycles. The lowest BCUT2D eigenvalue weighted by molar-refractivity contribution is -0.140. The highest BCUT2D eigenvalue weighted by atomic mass is 16.6. The number of nitrogens with one attached hydrogen (secondary N) is 3. The SMILES string of the molecule is CC(C)[C@H](NC(=O)OC[C@H]1O[C@@H](n2cnc3c2N=CNC3NCc2ccc(O)cc2)C(O)C1O)C(=O)O. The summed E-state index contributed by atoms with van der Waals surface area (Å²) < 4.78 is 12.3. The van der Waals surface area contributed by atoms with Gasteiger partial charge < -0.3 is 40.5 Å². The number of ether oxygens (including phenoxy) is 2. The van der Waals surface area contributed by atoms with Crippen molar-refractivity contribution in [1.82, 2.24) is 25.5 Å². The lowest BCUT2D eigenvalue weighted by Gasteiger charge is -2.23. The molecular weight excluding hydrogens is 488 g/mol. The van der Waals surface area contributed by atoms with Crippen molar-refractivity contribution in [3.63, 3.8) is 0 Å². The van der Waals surface area contributed by atoms with Gasteiger partial charge >= 0.3 is 12.1 Å². The van der Waals surface area contributed by atoms with Crippen LogP contribution in [-0.2, 0) is 20.8 Å². The van der Waals surface area contributed by atoms with E-state index in [1.807, 2.05) is 0 Å². The van der Waals surface area contributed by atoms with Gasteiger partial charge in [0.15, 0.2) is 12.0 Å². The van der Waals surface area contributed by atoms with Gasteiger partial charge in [-0.3, -0.25) is 9.88 Å². The standard InChI is InChI=1S/C23H30N6O8/c1-11(2)15(22(33)34)28-23(35)36-8-14-17(31)18(32)21(37-14)29-10-27-16-19(25-9-26-20(16)29)24-7-12-3-5-13(30)6-4-12/h3-6,9-11,14-15,17-19,21,24,30-32H,7-8H2,1-2H3,(H,25,26)(H,28,35)(H,33,34)/t14-,15+,17?,18?,19?,21-/m1/s1. The van der Waals surface area contributed by atoms with E-state index < -0.39 is 55.4 Å². The number of hydrogen-bond acceptors (Lipinski definition) is 11. The summed E-state index contributed by atoms with van der Waals surface area (Å²) in [5.74, 6) is -0.991. The van der Waals surface area contributed by atoms with Crippen molar-refractivity contribution in [2.24, 2.45) is 10.9 Å². The fourth-order valence-electron chi connectivity index (χ4n) is 4.07. The van der Waals surface area contributed by atoms with Crippen LogP contribution < -0.4 is 16.0 Å². The third-order valence-corrected chi connectivity index (χ3v) is 6.14. The lowest BCUT2D eigenvalue weighted by atomic mass is 10.1. The van der Waals surface area contributed by atoms with E-state index in [1.165, 1.54) is 17.2 Å². The van der Waals surface area contributed by atoms with Gasteiger partial charge in [0.05, 0.1) is 12.7 Å². The van der Waals surface area contributed by atoms with Gasteiger partial charge in [0.2, 0.25) is 0 Å². The minimum Gasteiger partial charge on any atom is -0.508 e. The van der Waals surface area contributed by atoms with Crippen LogP contribution in [-0.4, -0.2) is 79.3 Å². The molecular formula is C23H30N6O8. The van der Waals surface area contributed by atoms with Gasteiger partial charge in [-0.15, -0.1) is 0 Å². The first kappa shape index (κ1) is 26.3. The molecule has 3 heterocycles. The molecule has 0 radical (unpaired) electrons. The minimum atomic E-state index is -1.38. The van der Waals surface area contributed by atoms with Gasteiger partial charge in [0.1, 0.15) is 48.6 Å². The molecule has 7 N–H and O–H groups in total. The van der Waals surface area contributed by atoms with Crippen molar-refractivity contribution in [3.05, 3.63) is 41.9 Å². The van der Waals surface area contributed by atoms with Crippen molar-refractivity contribution < 1.29 is 39.5 Å². The van der Waals surface area contributed by atoms with Gasteiger partial charge in [-0.2, -0.15) is 0 Å². The Bertz CT molecular complexity index is 1140. The first-order valence-electron chi connectivity index (χ1n) is 11.7. The number of hydrogen-bond donors (Lipinski definition) is 7. The quantitative estimate of drug-likeness (QED) is 0.237. The fourth-order valence-corrected chi connectivity index (χ4v) is 4.07. The Morgan fingerprint density at radius 3 is 2.62 bits per heavy atom. The van der Waals surface area contributed by atoms with Gasteiger partial charge in [-0.05, 0) is 23.6 Å². The number of phenolic OH excluding ortho intramolecular Hbond substituents is 1. The summed E-state index contributed by atoms with van der Waals surface area (Å²) in [6.45, 7) is 3.34. The highest BCUT2D eigenvalue weighted by Gasteiger charge is 2.45. The van der Waals surface area contributed by atoms with Crippen LogP contribution in [0.4, 0.5) is 10.6 Å². The molecule has 1 saturated heterocycles. The summed E-state index contributed by atoms with van der Waals surface area (Å²) in [4.78, 5) is 32.0. The summed E-state index contributed by atoms with van der Waals surface area (Å²) in [6.07, 6.45) is -3.36. The molecule has 0 bridgehead atoms. The number of imidazole rings is 1. The molecule has 2 aliphatic rings. The highest BCUT2D eigenvalue weighted by molar-refractivity contribution is 5.80. The van der Waals surface area contributed by atoms with Crippen LogP contribution in [0.15, 0.2) is 35.6 Å². The third kappa shape index (κ3) is 5.83. The number of rotatable bonds is 9. The predicted molar refractivity (Wildman–Crippen MR) is 128 cm³/mol. The van der Waals surface area contributed by atoms with Gasteiger partial charge in [0, 0.05) is 6.54 Å². The lowest BCUT2D eigenvalue weighted by Crippen LogP contribution is -2.45. The Morgan fingerprint density at radius 1 is 1.22 bits per heavy atom. The number of benzene rings is 1. The largest absolute Gasteiger partial charge is 0.508 e. The molecule has 2 aromatic rings. The summed E-state index contributed by atoms with van der Waals surface area (Å²) in [6, 6.07) is 5.62. The summed E-state index contributed by atoms with van der Waals surface area (Å²) in [7, 11) is 0. The van der Waals surface area contributed by atoms with Gasteiger partial charge in [-0.25, -0.2) is 19.6 Å². The normalized spacial score (nSPS) is 25.4. The molecule has 0 aliphatic carbocycles. The number of aliphatic hydroxyl groups is 2. The van der Waals surface area contributed by atoms with E-state index >= 15 is 0 Å². The number of carbonyl (C=O) groups excluding carboxylic acids is 1. The summed E-state index contributed by atoms with van der Waals surface area (Å²) >= 11 is 0. The van der Waals surface area contributed by atoms with Crippen LogP contribution >= 0.6 is 0 Å². The number of carboxylic acid groups (broad SMARTS) is 1. The van der Waals surface area contributed by atoms with Crippen LogP contribution in [0.3, 0.4) is 0 Å². The molecule has 1 fully saturated rings. The molecule has 200 valence electrons. The van der Waals surface area contributed by atoms with E-state index in [0.29, 0.717) is 18.1 Å². The first-order chi connectivity index (χ1) is 17.7. The monoisotopic (exact) mass is 518 g/mol. The van der Waals surface area contributed by atoms with Crippen LogP contribution in [0, 0.1) is 5.92 Å².